The zero-order valence-corrected chi connectivity index (χ0v) is 19.3. The van der Waals surface area contributed by atoms with Gasteiger partial charge in [0.1, 0.15) is 11.9 Å². The van der Waals surface area contributed by atoms with Crippen molar-refractivity contribution in [1.29, 1.82) is 0 Å². The van der Waals surface area contributed by atoms with Crippen LogP contribution in [0.15, 0.2) is 29.3 Å². The van der Waals surface area contributed by atoms with E-state index in [1.807, 2.05) is 52.2 Å². The summed E-state index contributed by atoms with van der Waals surface area (Å²) >= 11 is 0. The van der Waals surface area contributed by atoms with E-state index in [9.17, 15) is 4.79 Å². The molecule has 30 heavy (non-hydrogen) atoms. The summed E-state index contributed by atoms with van der Waals surface area (Å²) in [7, 11) is 3.67. The molecule has 0 bridgehead atoms. The molecule has 2 unspecified atom stereocenters. The van der Waals surface area contributed by atoms with E-state index in [4.69, 9.17) is 4.74 Å². The minimum atomic E-state index is -0.0102. The van der Waals surface area contributed by atoms with Crippen LogP contribution in [-0.2, 0) is 4.79 Å². The van der Waals surface area contributed by atoms with Crippen molar-refractivity contribution in [3.63, 3.8) is 0 Å². The predicted octanol–water partition coefficient (Wildman–Crippen LogP) is 2.26. The molecule has 1 aliphatic rings. The van der Waals surface area contributed by atoms with Gasteiger partial charge in [0.15, 0.2) is 5.96 Å². The molecule has 1 saturated heterocycles. The second-order valence-electron chi connectivity index (χ2n) is 8.12. The Labute approximate surface area is 181 Å². The van der Waals surface area contributed by atoms with E-state index in [1.54, 1.807) is 4.90 Å². The molecular formula is C23H39N5O2. The van der Waals surface area contributed by atoms with Gasteiger partial charge in [-0.25, -0.2) is 4.99 Å². The third kappa shape index (κ3) is 7.52. The SMILES string of the molecule is CCNC(=NCC(C)Oc1ccccc1C)NCCCN1CCCC1C(=O)N(C)C. The number of nitrogens with one attached hydrogen (secondary N) is 2. The number of guanidine groups is 1. The maximum Gasteiger partial charge on any atom is 0.239 e. The van der Waals surface area contributed by atoms with Gasteiger partial charge < -0.3 is 20.3 Å². The van der Waals surface area contributed by atoms with E-state index in [0.717, 1.165) is 62.7 Å². The second kappa shape index (κ2) is 12.4. The van der Waals surface area contributed by atoms with Gasteiger partial charge in [-0.1, -0.05) is 18.2 Å². The van der Waals surface area contributed by atoms with Gasteiger partial charge in [0.05, 0.1) is 12.6 Å². The Hall–Kier alpha value is -2.28. The smallest absolute Gasteiger partial charge is 0.239 e. The summed E-state index contributed by atoms with van der Waals surface area (Å²) in [6.45, 7) is 10.3. The molecular weight excluding hydrogens is 378 g/mol. The number of hydrogen-bond donors (Lipinski definition) is 2. The molecule has 0 spiro atoms. The van der Waals surface area contributed by atoms with Gasteiger partial charge in [-0.2, -0.15) is 0 Å². The van der Waals surface area contributed by atoms with Crippen molar-refractivity contribution >= 4 is 11.9 Å². The molecule has 1 fully saturated rings. The van der Waals surface area contributed by atoms with Gasteiger partial charge >= 0.3 is 0 Å². The van der Waals surface area contributed by atoms with E-state index < -0.39 is 0 Å². The predicted molar refractivity (Wildman–Crippen MR) is 123 cm³/mol. The average Bonchev–Trinajstić information content (AvgIpc) is 3.18. The number of para-hydroxylation sites is 1. The standard InChI is InChI=1S/C23H39N5O2/c1-6-24-23(26-17-19(3)30-21-13-8-7-11-18(21)2)25-14-10-16-28-15-9-12-20(28)22(29)27(4)5/h7-8,11,13,19-20H,6,9-10,12,14-17H2,1-5H3,(H2,24,25,26). The number of rotatable bonds is 10. The molecule has 7 heteroatoms. The second-order valence-corrected chi connectivity index (χ2v) is 8.12. The van der Waals surface area contributed by atoms with E-state index in [0.29, 0.717) is 6.54 Å². The Kier molecular flexibility index (Phi) is 9.94. The Morgan fingerprint density at radius 2 is 2.10 bits per heavy atom. The summed E-state index contributed by atoms with van der Waals surface area (Å²) in [6, 6.07) is 8.08. The number of carbonyl (C=O) groups excluding carboxylic acids is 1. The molecule has 168 valence electrons. The maximum atomic E-state index is 12.3. The summed E-state index contributed by atoms with van der Waals surface area (Å²) in [5.41, 5.74) is 1.13. The van der Waals surface area contributed by atoms with Crippen molar-refractivity contribution in [2.45, 2.75) is 52.2 Å². The van der Waals surface area contributed by atoms with Crippen LogP contribution in [0.3, 0.4) is 0 Å². The number of amides is 1. The fourth-order valence-corrected chi connectivity index (χ4v) is 3.66. The van der Waals surface area contributed by atoms with Crippen molar-refractivity contribution in [1.82, 2.24) is 20.4 Å². The van der Waals surface area contributed by atoms with Gasteiger partial charge in [0.2, 0.25) is 5.91 Å². The molecule has 1 aromatic rings. The minimum absolute atomic E-state index is 0.0102. The van der Waals surface area contributed by atoms with Gasteiger partial charge in [0, 0.05) is 33.7 Å². The molecule has 2 rings (SSSR count). The average molecular weight is 418 g/mol. The lowest BCUT2D eigenvalue weighted by molar-refractivity contribution is -0.133. The van der Waals surface area contributed by atoms with Crippen LogP contribution in [0.5, 0.6) is 5.75 Å². The lowest BCUT2D eigenvalue weighted by Crippen LogP contribution is -2.44. The summed E-state index contributed by atoms with van der Waals surface area (Å²) < 4.78 is 6.02. The number of hydrogen-bond acceptors (Lipinski definition) is 4. The van der Waals surface area contributed by atoms with Crippen LogP contribution in [0.4, 0.5) is 0 Å². The van der Waals surface area contributed by atoms with E-state index in [1.165, 1.54) is 0 Å². The molecule has 0 aromatic heterocycles. The highest BCUT2D eigenvalue weighted by Crippen LogP contribution is 2.19. The monoisotopic (exact) mass is 417 g/mol. The Morgan fingerprint density at radius 3 is 2.80 bits per heavy atom. The third-order valence-corrected chi connectivity index (χ3v) is 5.28. The molecule has 0 aliphatic carbocycles. The highest BCUT2D eigenvalue weighted by Gasteiger charge is 2.30. The van der Waals surface area contributed by atoms with Crippen molar-refractivity contribution in [2.75, 3.05) is 46.8 Å². The maximum absolute atomic E-state index is 12.3. The van der Waals surface area contributed by atoms with Crippen LogP contribution >= 0.6 is 0 Å². The first-order chi connectivity index (χ1) is 14.4. The largest absolute Gasteiger partial charge is 0.489 e. The lowest BCUT2D eigenvalue weighted by atomic mass is 10.2. The topological polar surface area (TPSA) is 69.2 Å². The minimum Gasteiger partial charge on any atom is -0.489 e. The molecule has 2 N–H and O–H groups in total. The van der Waals surface area contributed by atoms with Gasteiger partial charge in [-0.05, 0) is 58.2 Å². The summed E-state index contributed by atoms with van der Waals surface area (Å²) in [4.78, 5) is 21.0. The number of likely N-dealkylation sites (N-methyl/N-ethyl adjacent to an activating group) is 1. The van der Waals surface area contributed by atoms with Crippen molar-refractivity contribution in [3.05, 3.63) is 29.8 Å². The van der Waals surface area contributed by atoms with Gasteiger partial charge in [-0.15, -0.1) is 0 Å². The van der Waals surface area contributed by atoms with Crippen LogP contribution in [0, 0.1) is 6.92 Å². The van der Waals surface area contributed by atoms with Crippen LogP contribution in [-0.4, -0.2) is 80.6 Å². The number of aliphatic imine (C=N–C) groups is 1. The van der Waals surface area contributed by atoms with Crippen molar-refractivity contribution < 1.29 is 9.53 Å². The normalized spacial score (nSPS) is 18.2. The Bertz CT molecular complexity index is 692. The quantitative estimate of drug-likeness (QED) is 0.347. The zero-order chi connectivity index (χ0) is 21.9. The zero-order valence-electron chi connectivity index (χ0n) is 19.3. The molecule has 1 aromatic carbocycles. The Morgan fingerprint density at radius 1 is 1.33 bits per heavy atom. The Balaban J connectivity index is 1.76. The molecule has 1 aliphatic heterocycles. The van der Waals surface area contributed by atoms with Crippen LogP contribution in [0.1, 0.15) is 38.7 Å². The first-order valence-corrected chi connectivity index (χ1v) is 11.1. The molecule has 2 atom stereocenters. The van der Waals surface area contributed by atoms with Crippen molar-refractivity contribution in [3.8, 4) is 5.75 Å². The fraction of sp³-hybridized carbons (Fsp3) is 0.652. The first kappa shape index (κ1) is 24.0. The van der Waals surface area contributed by atoms with Crippen LogP contribution < -0.4 is 15.4 Å². The third-order valence-electron chi connectivity index (χ3n) is 5.28. The summed E-state index contributed by atoms with van der Waals surface area (Å²) in [5.74, 6) is 1.93. The van der Waals surface area contributed by atoms with Crippen molar-refractivity contribution in [2.24, 2.45) is 4.99 Å². The summed E-state index contributed by atoms with van der Waals surface area (Å²) in [6.07, 6.45) is 3.02. The number of likely N-dealkylation sites (tertiary alicyclic amines) is 1. The molecule has 0 saturated carbocycles. The molecule has 7 nitrogen and oxygen atoms in total. The molecule has 1 amide bonds. The van der Waals surface area contributed by atoms with E-state index in [-0.39, 0.29) is 18.1 Å². The molecule has 1 heterocycles. The van der Waals surface area contributed by atoms with Crippen LogP contribution in [0.25, 0.3) is 0 Å². The number of carbonyl (C=O) groups is 1. The van der Waals surface area contributed by atoms with Crippen LogP contribution in [0.2, 0.25) is 0 Å². The van der Waals surface area contributed by atoms with Gasteiger partial charge in [-0.3, -0.25) is 9.69 Å². The van der Waals surface area contributed by atoms with E-state index in [2.05, 4.69) is 27.4 Å². The highest BCUT2D eigenvalue weighted by atomic mass is 16.5. The number of ether oxygens (including phenoxy) is 1. The van der Waals surface area contributed by atoms with Gasteiger partial charge in [0.25, 0.3) is 0 Å². The fourth-order valence-electron chi connectivity index (χ4n) is 3.66. The number of benzene rings is 1. The van der Waals surface area contributed by atoms with E-state index >= 15 is 0 Å². The number of aryl methyl sites for hydroxylation is 1. The molecule has 0 radical (unpaired) electrons. The number of nitrogens with zero attached hydrogens (tertiary/aromatic N) is 3. The first-order valence-electron chi connectivity index (χ1n) is 11.1. The highest BCUT2D eigenvalue weighted by molar-refractivity contribution is 5.81. The lowest BCUT2D eigenvalue weighted by Gasteiger charge is -2.26. The summed E-state index contributed by atoms with van der Waals surface area (Å²) in [5, 5.41) is 6.70.